The molecule has 0 bridgehead atoms. The molecule has 164 valence electrons. The van der Waals surface area contributed by atoms with Crippen LogP contribution in [0.5, 0.6) is 0 Å². The number of carbonyl (C=O) groups is 1. The van der Waals surface area contributed by atoms with Gasteiger partial charge in [0.1, 0.15) is 11.4 Å². The molecule has 0 radical (unpaired) electrons. The quantitative estimate of drug-likeness (QED) is 0.651. The minimum atomic E-state index is -0.495. The molecule has 1 atom stereocenters. The minimum Gasteiger partial charge on any atom is -0.444 e. The molecule has 1 aliphatic heterocycles. The smallest absolute Gasteiger partial charge is 0.410 e. The zero-order chi connectivity index (χ0) is 22.0. The van der Waals surface area contributed by atoms with Gasteiger partial charge in [0.25, 0.3) is 0 Å². The number of ether oxygens (including phenoxy) is 1. The maximum absolute atomic E-state index is 12.5. The first-order chi connectivity index (χ1) is 14.8. The summed E-state index contributed by atoms with van der Waals surface area (Å²) in [5.74, 6) is 0.754. The third-order valence-corrected chi connectivity index (χ3v) is 5.39. The lowest BCUT2D eigenvalue weighted by atomic mass is 10.1. The van der Waals surface area contributed by atoms with Crippen LogP contribution < -0.4 is 11.1 Å². The van der Waals surface area contributed by atoms with Gasteiger partial charge in [-0.25, -0.2) is 14.3 Å². The first kappa shape index (κ1) is 21.1. The summed E-state index contributed by atoms with van der Waals surface area (Å²) in [6, 6.07) is 10.1. The van der Waals surface area contributed by atoms with E-state index in [-0.39, 0.29) is 12.1 Å². The molecule has 1 unspecified atom stereocenters. The van der Waals surface area contributed by atoms with E-state index in [1.807, 2.05) is 68.4 Å². The molecule has 3 heterocycles. The van der Waals surface area contributed by atoms with E-state index in [1.165, 1.54) is 0 Å². The number of anilines is 1. The van der Waals surface area contributed by atoms with Gasteiger partial charge in [-0.1, -0.05) is 24.3 Å². The van der Waals surface area contributed by atoms with Crippen molar-refractivity contribution >= 4 is 17.6 Å². The molecule has 3 aromatic rings. The van der Waals surface area contributed by atoms with Gasteiger partial charge in [-0.3, -0.25) is 0 Å². The summed E-state index contributed by atoms with van der Waals surface area (Å²) in [4.78, 5) is 19.1. The van der Waals surface area contributed by atoms with E-state index in [4.69, 9.17) is 15.5 Å². The second kappa shape index (κ2) is 8.55. The third-order valence-electron chi connectivity index (χ3n) is 5.39. The summed E-state index contributed by atoms with van der Waals surface area (Å²) in [5.41, 5.74) is 9.08. The highest BCUT2D eigenvalue weighted by Crippen LogP contribution is 2.25. The molecule has 0 saturated carbocycles. The maximum Gasteiger partial charge on any atom is 0.410 e. The first-order valence-corrected chi connectivity index (χ1v) is 10.7. The van der Waals surface area contributed by atoms with Crippen LogP contribution in [0.25, 0.3) is 16.8 Å². The van der Waals surface area contributed by atoms with Crippen molar-refractivity contribution in [1.29, 1.82) is 0 Å². The molecule has 2 aromatic heterocycles. The van der Waals surface area contributed by atoms with E-state index in [1.54, 1.807) is 4.52 Å². The normalized spacial score (nSPS) is 16.6. The molecule has 1 aliphatic rings. The van der Waals surface area contributed by atoms with Crippen LogP contribution in [0.4, 0.5) is 10.6 Å². The number of rotatable bonds is 5. The lowest BCUT2D eigenvalue weighted by Crippen LogP contribution is -2.42. The zero-order valence-electron chi connectivity index (χ0n) is 18.3. The van der Waals surface area contributed by atoms with Gasteiger partial charge in [-0.15, -0.1) is 0 Å². The Morgan fingerprint density at radius 2 is 2.03 bits per heavy atom. The van der Waals surface area contributed by atoms with Gasteiger partial charge < -0.3 is 20.7 Å². The van der Waals surface area contributed by atoms with Crippen LogP contribution in [-0.2, 0) is 11.3 Å². The maximum atomic E-state index is 12.5. The highest BCUT2D eigenvalue weighted by molar-refractivity contribution is 5.77. The number of nitrogens with two attached hydrogens (primary N) is 1. The molecule has 1 amide bonds. The number of hydrogen-bond donors (Lipinski definition) is 2. The van der Waals surface area contributed by atoms with Crippen LogP contribution in [0.1, 0.15) is 39.2 Å². The largest absolute Gasteiger partial charge is 0.444 e. The van der Waals surface area contributed by atoms with Crippen molar-refractivity contribution in [2.45, 2.75) is 51.8 Å². The Hall–Kier alpha value is -3.13. The van der Waals surface area contributed by atoms with Crippen molar-refractivity contribution in [1.82, 2.24) is 19.5 Å². The molecule has 31 heavy (non-hydrogen) atoms. The fourth-order valence-electron chi connectivity index (χ4n) is 3.82. The lowest BCUT2D eigenvalue weighted by molar-refractivity contribution is 0.0235. The third kappa shape index (κ3) is 4.80. The Balaban J connectivity index is 1.48. The van der Waals surface area contributed by atoms with Crippen molar-refractivity contribution < 1.29 is 9.53 Å². The van der Waals surface area contributed by atoms with Gasteiger partial charge in [-0.2, -0.15) is 5.10 Å². The van der Waals surface area contributed by atoms with Crippen molar-refractivity contribution in [3.05, 3.63) is 48.3 Å². The summed E-state index contributed by atoms with van der Waals surface area (Å²) in [7, 11) is 0. The number of fused-ring (bicyclic) bond motifs is 1. The first-order valence-electron chi connectivity index (χ1n) is 10.7. The second-order valence-corrected chi connectivity index (χ2v) is 8.89. The van der Waals surface area contributed by atoms with Crippen molar-refractivity contribution in [3.63, 3.8) is 0 Å². The van der Waals surface area contributed by atoms with Crippen LogP contribution in [0, 0.1) is 0 Å². The average molecular weight is 423 g/mol. The molecular formula is C23H30N6O2. The molecule has 1 aromatic carbocycles. The van der Waals surface area contributed by atoms with Gasteiger partial charge in [0.05, 0.1) is 12.2 Å². The van der Waals surface area contributed by atoms with Crippen LogP contribution in [0.2, 0.25) is 0 Å². The molecular weight excluding hydrogens is 392 g/mol. The van der Waals surface area contributed by atoms with Gasteiger partial charge in [-0.05, 0) is 50.8 Å². The van der Waals surface area contributed by atoms with Crippen LogP contribution in [0.15, 0.2) is 42.7 Å². The molecule has 1 saturated heterocycles. The molecule has 1 fully saturated rings. The second-order valence-electron chi connectivity index (χ2n) is 8.89. The van der Waals surface area contributed by atoms with Crippen molar-refractivity contribution in [2.24, 2.45) is 5.73 Å². The minimum absolute atomic E-state index is 0.0843. The van der Waals surface area contributed by atoms with Crippen molar-refractivity contribution in [3.8, 4) is 11.1 Å². The Morgan fingerprint density at radius 1 is 1.26 bits per heavy atom. The Bertz CT molecular complexity index is 1050. The van der Waals surface area contributed by atoms with Crippen LogP contribution >= 0.6 is 0 Å². The molecule has 4 rings (SSSR count). The molecule has 0 aliphatic carbocycles. The number of aromatic nitrogens is 3. The highest BCUT2D eigenvalue weighted by atomic mass is 16.6. The standard InChI is InChI=1S/C23H30N6O2/c1-23(2,3)31-22(30)28-11-4-5-18(28)14-25-20-10-12-29-21(27-20)19(15-26-29)17-8-6-16(13-24)7-9-17/h6-10,12,15,18H,4-5,11,13-14,24H2,1-3H3,(H,25,27). The van der Waals surface area contributed by atoms with E-state index < -0.39 is 5.60 Å². The summed E-state index contributed by atoms with van der Waals surface area (Å²) < 4.78 is 7.32. The number of benzene rings is 1. The number of hydrogen-bond acceptors (Lipinski definition) is 6. The Labute approximate surface area is 182 Å². The van der Waals surface area contributed by atoms with Crippen molar-refractivity contribution in [2.75, 3.05) is 18.4 Å². The monoisotopic (exact) mass is 422 g/mol. The SMILES string of the molecule is CC(C)(C)OC(=O)N1CCCC1CNc1ccn2ncc(-c3ccc(CN)cc3)c2n1. The van der Waals surface area contributed by atoms with E-state index in [0.717, 1.165) is 47.5 Å². The molecule has 8 nitrogen and oxygen atoms in total. The summed E-state index contributed by atoms with van der Waals surface area (Å²) in [6.07, 6.45) is 5.39. The summed E-state index contributed by atoms with van der Waals surface area (Å²) in [5, 5.41) is 7.81. The lowest BCUT2D eigenvalue weighted by Gasteiger charge is -2.28. The average Bonchev–Trinajstić information content (AvgIpc) is 3.38. The van der Waals surface area contributed by atoms with Crippen LogP contribution in [0.3, 0.4) is 0 Å². The molecule has 3 N–H and O–H groups in total. The number of amides is 1. The number of nitrogens with zero attached hydrogens (tertiary/aromatic N) is 4. The number of carbonyl (C=O) groups excluding carboxylic acids is 1. The number of likely N-dealkylation sites (tertiary alicyclic amines) is 1. The summed E-state index contributed by atoms with van der Waals surface area (Å²) >= 11 is 0. The van der Waals surface area contributed by atoms with E-state index in [2.05, 4.69) is 10.4 Å². The van der Waals surface area contributed by atoms with Gasteiger partial charge in [0, 0.05) is 31.4 Å². The molecule has 0 spiro atoms. The van der Waals surface area contributed by atoms with Gasteiger partial charge in [0.2, 0.25) is 0 Å². The summed E-state index contributed by atoms with van der Waals surface area (Å²) in [6.45, 7) is 7.53. The predicted octanol–water partition coefficient (Wildman–Crippen LogP) is 3.67. The van der Waals surface area contributed by atoms with E-state index in [0.29, 0.717) is 13.1 Å². The van der Waals surface area contributed by atoms with Gasteiger partial charge in [0.15, 0.2) is 5.65 Å². The Morgan fingerprint density at radius 3 is 2.74 bits per heavy atom. The predicted molar refractivity (Wildman–Crippen MR) is 121 cm³/mol. The number of nitrogens with one attached hydrogen (secondary N) is 1. The van der Waals surface area contributed by atoms with E-state index >= 15 is 0 Å². The fourth-order valence-corrected chi connectivity index (χ4v) is 3.82. The topological polar surface area (TPSA) is 97.8 Å². The van der Waals surface area contributed by atoms with Gasteiger partial charge >= 0.3 is 6.09 Å². The van der Waals surface area contributed by atoms with Crippen LogP contribution in [-0.4, -0.2) is 50.3 Å². The zero-order valence-corrected chi connectivity index (χ0v) is 18.3. The fraction of sp³-hybridized carbons (Fsp3) is 0.435. The highest BCUT2D eigenvalue weighted by Gasteiger charge is 2.32. The Kier molecular flexibility index (Phi) is 5.82. The van der Waals surface area contributed by atoms with E-state index in [9.17, 15) is 4.79 Å². The molecule has 8 heteroatoms.